The molecule has 0 aliphatic heterocycles. The Hall–Kier alpha value is -1.53. The van der Waals surface area contributed by atoms with Crippen LogP contribution in [0.15, 0.2) is 56.7 Å². The van der Waals surface area contributed by atoms with Crippen LogP contribution in [-0.2, 0) is 12.3 Å². The Labute approximate surface area is 147 Å². The fourth-order valence-corrected chi connectivity index (χ4v) is 4.07. The number of hydrogen-bond acceptors (Lipinski definition) is 4. The van der Waals surface area contributed by atoms with Crippen molar-refractivity contribution in [2.75, 3.05) is 0 Å². The van der Waals surface area contributed by atoms with Crippen molar-refractivity contribution in [3.05, 3.63) is 64.3 Å². The Morgan fingerprint density at radius 2 is 2.04 bits per heavy atom. The quantitative estimate of drug-likeness (QED) is 0.565. The van der Waals surface area contributed by atoms with Gasteiger partial charge in [0.25, 0.3) is 0 Å². The maximum Gasteiger partial charge on any atom is 0.191 e. The highest BCUT2D eigenvalue weighted by Crippen LogP contribution is 2.40. The molecule has 0 amide bonds. The molecule has 0 bridgehead atoms. The lowest BCUT2D eigenvalue weighted by Gasteiger charge is -2.08. The van der Waals surface area contributed by atoms with Gasteiger partial charge in [0.05, 0.1) is 12.8 Å². The summed E-state index contributed by atoms with van der Waals surface area (Å²) < 4.78 is 8.84. The number of nitrogens with zero attached hydrogens (tertiary/aromatic N) is 3. The molecule has 0 spiro atoms. The van der Waals surface area contributed by atoms with Gasteiger partial charge in [-0.15, -0.1) is 10.2 Å². The van der Waals surface area contributed by atoms with Gasteiger partial charge in [-0.25, -0.2) is 0 Å². The average Bonchev–Trinajstić information content (AvgIpc) is 3.13. The lowest BCUT2D eigenvalue weighted by molar-refractivity contribution is 0.478. The van der Waals surface area contributed by atoms with Crippen LogP contribution in [0.2, 0.25) is 0 Å². The molecule has 1 aliphatic rings. The monoisotopic (exact) mass is 389 g/mol. The topological polar surface area (TPSA) is 43.9 Å². The summed E-state index contributed by atoms with van der Waals surface area (Å²) in [7, 11) is 0. The zero-order valence-corrected chi connectivity index (χ0v) is 14.9. The molecular weight excluding hydrogens is 374 g/mol. The van der Waals surface area contributed by atoms with Crippen LogP contribution in [0.4, 0.5) is 0 Å². The molecule has 0 N–H and O–H groups in total. The molecule has 2 heterocycles. The van der Waals surface area contributed by atoms with E-state index in [4.69, 9.17) is 4.42 Å². The summed E-state index contributed by atoms with van der Waals surface area (Å²) in [5, 5.41) is 9.81. The molecular formula is C17H16BrN3OS. The second kappa shape index (κ2) is 6.53. The lowest BCUT2D eigenvalue weighted by Crippen LogP contribution is -2.05. The van der Waals surface area contributed by atoms with E-state index < -0.39 is 0 Å². The van der Waals surface area contributed by atoms with E-state index in [2.05, 4.69) is 48.9 Å². The Morgan fingerprint density at radius 3 is 2.78 bits per heavy atom. The smallest absolute Gasteiger partial charge is 0.191 e. The number of benzene rings is 1. The SMILES string of the molecule is Brc1ccccc1CSc1nnc(C2CC2)n1Cc1ccco1. The zero-order valence-electron chi connectivity index (χ0n) is 12.5. The first kappa shape index (κ1) is 15.0. The zero-order chi connectivity index (χ0) is 15.6. The summed E-state index contributed by atoms with van der Waals surface area (Å²) in [5.74, 6) is 3.46. The Balaban J connectivity index is 1.57. The Morgan fingerprint density at radius 1 is 1.17 bits per heavy atom. The summed E-state index contributed by atoms with van der Waals surface area (Å²) in [6, 6.07) is 12.2. The molecule has 1 fully saturated rings. The van der Waals surface area contributed by atoms with E-state index in [0.29, 0.717) is 12.5 Å². The lowest BCUT2D eigenvalue weighted by atomic mass is 10.2. The summed E-state index contributed by atoms with van der Waals surface area (Å²) in [6.07, 6.45) is 4.14. The largest absolute Gasteiger partial charge is 0.467 e. The van der Waals surface area contributed by atoms with E-state index in [1.165, 1.54) is 18.4 Å². The molecule has 0 saturated heterocycles. The summed E-state index contributed by atoms with van der Waals surface area (Å²) in [6.45, 7) is 0.699. The minimum atomic E-state index is 0.565. The van der Waals surface area contributed by atoms with Crippen molar-refractivity contribution < 1.29 is 4.42 Å². The fourth-order valence-electron chi connectivity index (χ4n) is 2.52. The van der Waals surface area contributed by atoms with E-state index in [0.717, 1.165) is 27.0 Å². The van der Waals surface area contributed by atoms with Gasteiger partial charge in [0.15, 0.2) is 5.16 Å². The molecule has 0 atom stereocenters. The van der Waals surface area contributed by atoms with Gasteiger partial charge in [-0.3, -0.25) is 4.57 Å². The third-order valence-electron chi connectivity index (χ3n) is 3.90. The van der Waals surface area contributed by atoms with Crippen molar-refractivity contribution in [3.8, 4) is 0 Å². The van der Waals surface area contributed by atoms with Gasteiger partial charge in [-0.1, -0.05) is 45.9 Å². The molecule has 1 saturated carbocycles. The number of thioether (sulfide) groups is 1. The normalized spacial score (nSPS) is 14.3. The van der Waals surface area contributed by atoms with Crippen molar-refractivity contribution in [2.24, 2.45) is 0 Å². The van der Waals surface area contributed by atoms with Gasteiger partial charge in [-0.2, -0.15) is 0 Å². The van der Waals surface area contributed by atoms with Gasteiger partial charge in [0.1, 0.15) is 11.6 Å². The molecule has 2 aromatic heterocycles. The van der Waals surface area contributed by atoms with Crippen LogP contribution in [0.5, 0.6) is 0 Å². The molecule has 6 heteroatoms. The van der Waals surface area contributed by atoms with Crippen LogP contribution < -0.4 is 0 Å². The number of hydrogen-bond donors (Lipinski definition) is 0. The summed E-state index contributed by atoms with van der Waals surface area (Å²) >= 11 is 5.32. The number of rotatable bonds is 6. The molecule has 118 valence electrons. The van der Waals surface area contributed by atoms with Gasteiger partial charge in [0.2, 0.25) is 0 Å². The van der Waals surface area contributed by atoms with E-state index in [9.17, 15) is 0 Å². The molecule has 3 aromatic rings. The molecule has 4 nitrogen and oxygen atoms in total. The maximum atomic E-state index is 5.51. The minimum absolute atomic E-state index is 0.565. The first-order valence-electron chi connectivity index (χ1n) is 7.63. The van der Waals surface area contributed by atoms with Gasteiger partial charge in [-0.05, 0) is 36.6 Å². The van der Waals surface area contributed by atoms with Crippen molar-refractivity contribution in [3.63, 3.8) is 0 Å². The van der Waals surface area contributed by atoms with Crippen molar-refractivity contribution in [2.45, 2.75) is 36.2 Å². The van der Waals surface area contributed by atoms with E-state index >= 15 is 0 Å². The third kappa shape index (κ3) is 3.38. The van der Waals surface area contributed by atoms with Crippen LogP contribution in [0.25, 0.3) is 0 Å². The molecule has 4 rings (SSSR count). The Bertz CT molecular complexity index is 796. The molecule has 1 aliphatic carbocycles. The fraction of sp³-hybridized carbons (Fsp3) is 0.294. The molecule has 0 radical (unpaired) electrons. The number of halogens is 1. The van der Waals surface area contributed by atoms with Crippen LogP contribution in [0.3, 0.4) is 0 Å². The predicted molar refractivity (Wildman–Crippen MR) is 93.5 cm³/mol. The average molecular weight is 390 g/mol. The molecule has 0 unspecified atom stereocenters. The Kier molecular flexibility index (Phi) is 4.27. The molecule has 23 heavy (non-hydrogen) atoms. The van der Waals surface area contributed by atoms with Gasteiger partial charge < -0.3 is 4.42 Å². The predicted octanol–water partition coefficient (Wildman–Crippen LogP) is 4.85. The standard InChI is InChI=1S/C17H16BrN3OS/c18-15-6-2-1-4-13(15)11-23-17-20-19-16(12-7-8-12)21(17)10-14-5-3-9-22-14/h1-6,9,12H,7-8,10-11H2. The van der Waals surface area contributed by atoms with Crippen molar-refractivity contribution in [1.29, 1.82) is 0 Å². The first-order chi connectivity index (χ1) is 11.3. The van der Waals surface area contributed by atoms with Crippen molar-refractivity contribution >= 4 is 27.7 Å². The van der Waals surface area contributed by atoms with Crippen LogP contribution in [0, 0.1) is 0 Å². The second-order valence-corrected chi connectivity index (χ2v) is 7.46. The van der Waals surface area contributed by atoms with Crippen molar-refractivity contribution in [1.82, 2.24) is 14.8 Å². The minimum Gasteiger partial charge on any atom is -0.467 e. The maximum absolute atomic E-state index is 5.51. The highest BCUT2D eigenvalue weighted by molar-refractivity contribution is 9.10. The van der Waals surface area contributed by atoms with E-state index in [-0.39, 0.29) is 0 Å². The van der Waals surface area contributed by atoms with Crippen LogP contribution in [0.1, 0.15) is 35.9 Å². The highest BCUT2D eigenvalue weighted by atomic mass is 79.9. The van der Waals surface area contributed by atoms with Crippen LogP contribution >= 0.6 is 27.7 Å². The number of aromatic nitrogens is 3. The van der Waals surface area contributed by atoms with E-state index in [1.54, 1.807) is 18.0 Å². The number of furan rings is 1. The first-order valence-corrected chi connectivity index (χ1v) is 9.41. The van der Waals surface area contributed by atoms with Crippen LogP contribution in [-0.4, -0.2) is 14.8 Å². The second-order valence-electron chi connectivity index (χ2n) is 5.66. The van der Waals surface area contributed by atoms with Gasteiger partial charge >= 0.3 is 0 Å². The summed E-state index contributed by atoms with van der Waals surface area (Å²) in [4.78, 5) is 0. The third-order valence-corrected chi connectivity index (χ3v) is 5.69. The molecule has 1 aromatic carbocycles. The highest BCUT2D eigenvalue weighted by Gasteiger charge is 2.30. The van der Waals surface area contributed by atoms with E-state index in [1.807, 2.05) is 18.2 Å². The summed E-state index contributed by atoms with van der Waals surface area (Å²) in [5.41, 5.74) is 1.26. The van der Waals surface area contributed by atoms with Gasteiger partial charge in [0, 0.05) is 16.1 Å².